The van der Waals surface area contributed by atoms with Crippen LogP contribution in [0.2, 0.25) is 0 Å². The molecule has 8 heteroatoms. The van der Waals surface area contributed by atoms with E-state index in [-0.39, 0.29) is 6.54 Å². The highest BCUT2D eigenvalue weighted by Gasteiger charge is 2.15. The minimum Gasteiger partial charge on any atom is -0.495 e. The summed E-state index contributed by atoms with van der Waals surface area (Å²) in [5.74, 6) is -1.00. The topological polar surface area (TPSA) is 93.7 Å². The molecule has 0 saturated heterocycles. The first-order valence-corrected chi connectivity index (χ1v) is 9.07. The Bertz CT molecular complexity index is 860. The third kappa shape index (κ3) is 5.82. The van der Waals surface area contributed by atoms with E-state index in [2.05, 4.69) is 10.6 Å². The molecule has 144 valence electrons. The fourth-order valence-electron chi connectivity index (χ4n) is 2.39. The van der Waals surface area contributed by atoms with Gasteiger partial charge < -0.3 is 20.1 Å². The Morgan fingerprint density at radius 3 is 2.44 bits per heavy atom. The summed E-state index contributed by atoms with van der Waals surface area (Å²) < 4.78 is 10.2. The van der Waals surface area contributed by atoms with E-state index in [1.165, 1.54) is 18.4 Å². The van der Waals surface area contributed by atoms with Crippen LogP contribution in [-0.4, -0.2) is 38.0 Å². The Balaban J connectivity index is 1.80. The van der Waals surface area contributed by atoms with Crippen LogP contribution in [0.25, 0.3) is 0 Å². The Hall–Kier alpha value is -2.87. The van der Waals surface area contributed by atoms with Crippen molar-refractivity contribution in [1.82, 2.24) is 5.32 Å². The summed E-state index contributed by atoms with van der Waals surface area (Å²) in [7, 11) is 1.51. The number of nitrogens with one attached hydrogen (secondary N) is 2. The third-order valence-corrected chi connectivity index (χ3v) is 4.64. The predicted octanol–water partition coefficient (Wildman–Crippen LogP) is 2.59. The van der Waals surface area contributed by atoms with Crippen LogP contribution in [0.1, 0.15) is 25.7 Å². The molecule has 0 radical (unpaired) electrons. The van der Waals surface area contributed by atoms with E-state index in [1.54, 1.807) is 18.2 Å². The lowest BCUT2D eigenvalue weighted by molar-refractivity contribution is -0.126. The molecule has 0 aliphatic rings. The molecule has 2 rings (SSSR count). The Labute approximate surface area is 161 Å². The molecule has 2 aromatic rings. The Kier molecular flexibility index (Phi) is 6.95. The summed E-state index contributed by atoms with van der Waals surface area (Å²) in [5.41, 5.74) is 1.93. The van der Waals surface area contributed by atoms with Crippen molar-refractivity contribution in [3.63, 3.8) is 0 Å². The lowest BCUT2D eigenvalue weighted by Crippen LogP contribution is -2.35. The van der Waals surface area contributed by atoms with Crippen LogP contribution >= 0.6 is 11.3 Å². The number of hydrogen-bond donors (Lipinski definition) is 2. The summed E-state index contributed by atoms with van der Waals surface area (Å²) in [6.45, 7) is 4.90. The number of methoxy groups -OCH3 is 1. The van der Waals surface area contributed by atoms with Crippen molar-refractivity contribution < 1.29 is 23.9 Å². The molecule has 2 N–H and O–H groups in total. The van der Waals surface area contributed by atoms with Crippen LogP contribution in [-0.2, 0) is 14.3 Å². The molecule has 7 nitrogen and oxygen atoms in total. The van der Waals surface area contributed by atoms with Gasteiger partial charge in [-0.2, -0.15) is 0 Å². The lowest BCUT2D eigenvalue weighted by Gasteiger charge is -2.11. The number of hydrogen-bond acceptors (Lipinski definition) is 6. The highest BCUT2D eigenvalue weighted by Crippen LogP contribution is 2.25. The van der Waals surface area contributed by atoms with Gasteiger partial charge in [-0.05, 0) is 44.5 Å². The molecule has 2 amide bonds. The van der Waals surface area contributed by atoms with Crippen molar-refractivity contribution in [1.29, 1.82) is 0 Å². The van der Waals surface area contributed by atoms with E-state index in [4.69, 9.17) is 9.47 Å². The van der Waals surface area contributed by atoms with Gasteiger partial charge in [-0.15, -0.1) is 11.3 Å². The molecular formula is C19H22N2O5S. The zero-order valence-corrected chi connectivity index (χ0v) is 16.5. The molecule has 0 unspecified atom stereocenters. The molecule has 1 aromatic carbocycles. The average Bonchev–Trinajstić information content (AvgIpc) is 2.96. The highest BCUT2D eigenvalue weighted by atomic mass is 32.1. The largest absolute Gasteiger partial charge is 0.495 e. The fraction of sp³-hybridized carbons (Fsp3) is 0.316. The van der Waals surface area contributed by atoms with Gasteiger partial charge in [0.15, 0.2) is 6.61 Å². The molecule has 0 fully saturated rings. The number of carbonyl (C=O) groups excluding carboxylic acids is 3. The minimum atomic E-state index is -0.556. The molecule has 1 aromatic heterocycles. The maximum Gasteiger partial charge on any atom is 0.339 e. The van der Waals surface area contributed by atoms with E-state index < -0.39 is 24.4 Å². The van der Waals surface area contributed by atoms with Gasteiger partial charge in [0.1, 0.15) is 5.75 Å². The molecule has 0 atom stereocenters. The van der Waals surface area contributed by atoms with Crippen molar-refractivity contribution in [2.75, 3.05) is 25.6 Å². The van der Waals surface area contributed by atoms with E-state index in [0.29, 0.717) is 17.0 Å². The van der Waals surface area contributed by atoms with Crippen molar-refractivity contribution in [3.8, 4) is 5.75 Å². The number of rotatable bonds is 7. The second-order valence-electron chi connectivity index (χ2n) is 5.93. The number of benzene rings is 1. The third-order valence-electron chi connectivity index (χ3n) is 3.67. The Morgan fingerprint density at radius 2 is 1.81 bits per heavy atom. The number of ether oxygens (including phenoxy) is 2. The maximum absolute atomic E-state index is 12.0. The number of carbonyl (C=O) groups is 3. The van der Waals surface area contributed by atoms with E-state index in [0.717, 1.165) is 15.3 Å². The SMILES string of the molecule is COc1ccc(C)cc1NC(=O)CNC(=O)COC(=O)c1cc(C)sc1C. The summed E-state index contributed by atoms with van der Waals surface area (Å²) in [4.78, 5) is 37.6. The van der Waals surface area contributed by atoms with Gasteiger partial charge in [0, 0.05) is 9.75 Å². The number of esters is 1. The summed E-state index contributed by atoms with van der Waals surface area (Å²) in [5, 5.41) is 5.09. The van der Waals surface area contributed by atoms with Crippen LogP contribution in [0.5, 0.6) is 5.75 Å². The monoisotopic (exact) mass is 390 g/mol. The maximum atomic E-state index is 12.0. The normalized spacial score (nSPS) is 10.2. The van der Waals surface area contributed by atoms with Gasteiger partial charge in [0.05, 0.1) is 24.9 Å². The van der Waals surface area contributed by atoms with Crippen molar-refractivity contribution in [3.05, 3.63) is 45.1 Å². The summed E-state index contributed by atoms with van der Waals surface area (Å²) in [6.07, 6.45) is 0. The van der Waals surface area contributed by atoms with Crippen LogP contribution < -0.4 is 15.4 Å². The first-order valence-electron chi connectivity index (χ1n) is 8.25. The highest BCUT2D eigenvalue weighted by molar-refractivity contribution is 7.12. The zero-order valence-electron chi connectivity index (χ0n) is 15.7. The quantitative estimate of drug-likeness (QED) is 0.709. The standard InChI is InChI=1S/C19H22N2O5S/c1-11-5-6-16(25-4)15(7-11)21-17(22)9-20-18(23)10-26-19(24)14-8-12(2)27-13(14)3/h5-8H,9-10H2,1-4H3,(H,20,23)(H,21,22). The second kappa shape index (κ2) is 9.18. The molecular weight excluding hydrogens is 368 g/mol. The average molecular weight is 390 g/mol. The van der Waals surface area contributed by atoms with Gasteiger partial charge in [0.2, 0.25) is 5.91 Å². The van der Waals surface area contributed by atoms with Gasteiger partial charge in [-0.25, -0.2) is 4.79 Å². The number of thiophene rings is 1. The second-order valence-corrected chi connectivity index (χ2v) is 7.39. The van der Waals surface area contributed by atoms with Gasteiger partial charge in [-0.1, -0.05) is 6.07 Å². The molecule has 27 heavy (non-hydrogen) atoms. The van der Waals surface area contributed by atoms with Crippen LogP contribution in [0, 0.1) is 20.8 Å². The van der Waals surface area contributed by atoms with Crippen molar-refractivity contribution in [2.24, 2.45) is 0 Å². The van der Waals surface area contributed by atoms with E-state index >= 15 is 0 Å². The van der Waals surface area contributed by atoms with E-state index in [9.17, 15) is 14.4 Å². The number of aryl methyl sites for hydroxylation is 3. The van der Waals surface area contributed by atoms with Gasteiger partial charge in [0.25, 0.3) is 5.91 Å². The lowest BCUT2D eigenvalue weighted by atomic mass is 10.2. The molecule has 0 aliphatic carbocycles. The first-order chi connectivity index (χ1) is 12.8. The smallest absolute Gasteiger partial charge is 0.339 e. The molecule has 0 bridgehead atoms. The molecule has 0 spiro atoms. The summed E-state index contributed by atoms with van der Waals surface area (Å²) in [6, 6.07) is 7.10. The van der Waals surface area contributed by atoms with E-state index in [1.807, 2.05) is 26.8 Å². The first kappa shape index (κ1) is 20.4. The van der Waals surface area contributed by atoms with Crippen LogP contribution in [0.4, 0.5) is 5.69 Å². The van der Waals surface area contributed by atoms with Crippen LogP contribution in [0.15, 0.2) is 24.3 Å². The Morgan fingerprint density at radius 1 is 1.07 bits per heavy atom. The minimum absolute atomic E-state index is 0.246. The summed E-state index contributed by atoms with van der Waals surface area (Å²) >= 11 is 1.49. The molecule has 1 heterocycles. The molecule has 0 saturated carbocycles. The van der Waals surface area contributed by atoms with Crippen LogP contribution in [0.3, 0.4) is 0 Å². The zero-order chi connectivity index (χ0) is 20.0. The fourth-order valence-corrected chi connectivity index (χ4v) is 3.30. The van der Waals surface area contributed by atoms with Gasteiger partial charge >= 0.3 is 5.97 Å². The van der Waals surface area contributed by atoms with Crippen molar-refractivity contribution >= 4 is 34.8 Å². The predicted molar refractivity (Wildman–Crippen MR) is 103 cm³/mol. The van der Waals surface area contributed by atoms with Crippen molar-refractivity contribution in [2.45, 2.75) is 20.8 Å². The van der Waals surface area contributed by atoms with Gasteiger partial charge in [-0.3, -0.25) is 9.59 Å². The molecule has 0 aliphatic heterocycles. The number of amides is 2. The number of anilines is 1.